The summed E-state index contributed by atoms with van der Waals surface area (Å²) in [4.78, 5) is 11.8. The van der Waals surface area contributed by atoms with Crippen LogP contribution in [0.1, 0.15) is 10.4 Å². The molecule has 1 aromatic carbocycles. The van der Waals surface area contributed by atoms with E-state index in [2.05, 4.69) is 4.74 Å². The SMILES string of the molecule is O=C(O)/C(=C\c1ccccc1OC(F)F)c1cccs1. The Labute approximate surface area is 117 Å². The molecule has 0 unspecified atom stereocenters. The summed E-state index contributed by atoms with van der Waals surface area (Å²) in [6, 6.07) is 9.43. The normalized spacial score (nSPS) is 11.7. The van der Waals surface area contributed by atoms with Gasteiger partial charge < -0.3 is 9.84 Å². The number of hydrogen-bond acceptors (Lipinski definition) is 3. The summed E-state index contributed by atoms with van der Waals surface area (Å²) in [5.41, 5.74) is 0.323. The summed E-state index contributed by atoms with van der Waals surface area (Å²) < 4.78 is 29.0. The lowest BCUT2D eigenvalue weighted by Gasteiger charge is -2.08. The molecular weight excluding hydrogens is 286 g/mol. The standard InChI is InChI=1S/C14H10F2O3S/c15-14(16)19-11-5-2-1-4-9(11)8-10(13(17)18)12-6-3-7-20-12/h1-8,14H,(H,17,18)/b10-8-. The van der Waals surface area contributed by atoms with Crippen LogP contribution in [0.5, 0.6) is 5.75 Å². The molecule has 0 aliphatic heterocycles. The van der Waals surface area contributed by atoms with Gasteiger partial charge >= 0.3 is 12.6 Å². The molecule has 0 aliphatic carbocycles. The quantitative estimate of drug-likeness (QED) is 0.849. The van der Waals surface area contributed by atoms with Gasteiger partial charge in [-0.3, -0.25) is 0 Å². The summed E-state index contributed by atoms with van der Waals surface area (Å²) in [7, 11) is 0. The first-order chi connectivity index (χ1) is 9.58. The first-order valence-electron chi connectivity index (χ1n) is 5.60. The van der Waals surface area contributed by atoms with E-state index in [1.165, 1.54) is 29.5 Å². The predicted molar refractivity (Wildman–Crippen MR) is 72.9 cm³/mol. The lowest BCUT2D eigenvalue weighted by molar-refractivity contribution is -0.130. The lowest BCUT2D eigenvalue weighted by atomic mass is 10.1. The fourth-order valence-corrected chi connectivity index (χ4v) is 2.36. The monoisotopic (exact) mass is 296 g/mol. The minimum Gasteiger partial charge on any atom is -0.478 e. The van der Waals surface area contributed by atoms with Gasteiger partial charge in [0, 0.05) is 10.4 Å². The molecule has 1 heterocycles. The summed E-state index contributed by atoms with van der Waals surface area (Å²) in [6.45, 7) is -2.96. The Bertz CT molecular complexity index is 621. The Balaban J connectivity index is 2.44. The fraction of sp³-hybridized carbons (Fsp3) is 0.0714. The van der Waals surface area contributed by atoms with Gasteiger partial charge in [0.1, 0.15) is 5.75 Å². The maximum Gasteiger partial charge on any atom is 0.387 e. The molecule has 0 spiro atoms. The first kappa shape index (κ1) is 14.2. The van der Waals surface area contributed by atoms with Crippen LogP contribution in [-0.2, 0) is 4.79 Å². The largest absolute Gasteiger partial charge is 0.478 e. The van der Waals surface area contributed by atoms with E-state index in [1.807, 2.05) is 0 Å². The van der Waals surface area contributed by atoms with Gasteiger partial charge in [-0.15, -0.1) is 11.3 Å². The maximum absolute atomic E-state index is 12.3. The number of rotatable bonds is 5. The Morgan fingerprint density at radius 3 is 2.60 bits per heavy atom. The van der Waals surface area contributed by atoms with Crippen LogP contribution in [0.25, 0.3) is 11.6 Å². The van der Waals surface area contributed by atoms with E-state index in [-0.39, 0.29) is 11.3 Å². The zero-order valence-electron chi connectivity index (χ0n) is 10.1. The van der Waals surface area contributed by atoms with Crippen LogP contribution in [0.15, 0.2) is 41.8 Å². The Hall–Kier alpha value is -2.21. The second kappa shape index (κ2) is 6.29. The fourth-order valence-electron chi connectivity index (χ4n) is 1.63. The van der Waals surface area contributed by atoms with Gasteiger partial charge in [-0.1, -0.05) is 24.3 Å². The molecule has 6 heteroatoms. The highest BCUT2D eigenvalue weighted by molar-refractivity contribution is 7.11. The van der Waals surface area contributed by atoms with Gasteiger partial charge in [0.25, 0.3) is 0 Å². The summed E-state index contributed by atoms with van der Waals surface area (Å²) in [5.74, 6) is -1.18. The Morgan fingerprint density at radius 2 is 2.00 bits per heavy atom. The van der Waals surface area contributed by atoms with Crippen molar-refractivity contribution in [2.24, 2.45) is 0 Å². The van der Waals surface area contributed by atoms with Gasteiger partial charge in [0.15, 0.2) is 0 Å². The topological polar surface area (TPSA) is 46.5 Å². The van der Waals surface area contributed by atoms with Crippen molar-refractivity contribution in [1.82, 2.24) is 0 Å². The minimum absolute atomic E-state index is 0.0327. The van der Waals surface area contributed by atoms with E-state index in [0.29, 0.717) is 10.4 Å². The van der Waals surface area contributed by atoms with Gasteiger partial charge in [-0.2, -0.15) is 8.78 Å². The van der Waals surface area contributed by atoms with E-state index in [9.17, 15) is 18.7 Å². The molecule has 0 bridgehead atoms. The van der Waals surface area contributed by atoms with Gasteiger partial charge in [-0.25, -0.2) is 4.79 Å². The predicted octanol–water partition coefficient (Wildman–Crippen LogP) is 3.97. The van der Waals surface area contributed by atoms with Crippen molar-refractivity contribution in [3.63, 3.8) is 0 Å². The average Bonchev–Trinajstić information content (AvgIpc) is 2.90. The number of carboxylic acids is 1. The number of thiophene rings is 1. The highest BCUT2D eigenvalue weighted by Gasteiger charge is 2.14. The van der Waals surface area contributed by atoms with Crippen LogP contribution in [-0.4, -0.2) is 17.7 Å². The zero-order valence-corrected chi connectivity index (χ0v) is 10.9. The van der Waals surface area contributed by atoms with Crippen molar-refractivity contribution >= 4 is 29.0 Å². The number of carbonyl (C=O) groups is 1. The van der Waals surface area contributed by atoms with Crippen molar-refractivity contribution in [3.8, 4) is 5.75 Å². The Morgan fingerprint density at radius 1 is 1.25 bits per heavy atom. The van der Waals surface area contributed by atoms with Crippen molar-refractivity contribution < 1.29 is 23.4 Å². The molecule has 0 amide bonds. The smallest absolute Gasteiger partial charge is 0.387 e. The third-order valence-corrected chi connectivity index (χ3v) is 3.36. The van der Waals surface area contributed by atoms with Gasteiger partial charge in [0.05, 0.1) is 5.57 Å². The number of halogens is 2. The molecule has 1 N–H and O–H groups in total. The molecule has 0 atom stereocenters. The molecule has 20 heavy (non-hydrogen) atoms. The van der Waals surface area contributed by atoms with Crippen LogP contribution in [0.3, 0.4) is 0 Å². The van der Waals surface area contributed by atoms with Crippen LogP contribution < -0.4 is 4.74 Å². The molecule has 104 valence electrons. The molecule has 2 aromatic rings. The number of ether oxygens (including phenoxy) is 1. The third kappa shape index (κ3) is 3.42. The van der Waals surface area contributed by atoms with Crippen LogP contribution in [0.2, 0.25) is 0 Å². The van der Waals surface area contributed by atoms with E-state index in [0.717, 1.165) is 0 Å². The van der Waals surface area contributed by atoms with E-state index >= 15 is 0 Å². The second-order valence-corrected chi connectivity index (χ2v) is 4.70. The molecule has 3 nitrogen and oxygen atoms in total. The molecule has 0 saturated carbocycles. The molecule has 0 aliphatic rings. The number of aliphatic carboxylic acids is 1. The summed E-state index contributed by atoms with van der Waals surface area (Å²) in [6.07, 6.45) is 1.33. The van der Waals surface area contributed by atoms with Crippen LogP contribution in [0.4, 0.5) is 8.78 Å². The third-order valence-electron chi connectivity index (χ3n) is 2.45. The second-order valence-electron chi connectivity index (χ2n) is 3.76. The molecule has 2 rings (SSSR count). The van der Waals surface area contributed by atoms with Gasteiger partial charge in [-0.05, 0) is 23.6 Å². The molecule has 1 aromatic heterocycles. The summed E-state index contributed by atoms with van der Waals surface area (Å²) >= 11 is 1.26. The number of carboxylic acid groups (broad SMARTS) is 1. The van der Waals surface area contributed by atoms with E-state index < -0.39 is 12.6 Å². The molecular formula is C14H10F2O3S. The maximum atomic E-state index is 12.3. The number of alkyl halides is 2. The first-order valence-corrected chi connectivity index (χ1v) is 6.48. The van der Waals surface area contributed by atoms with Crippen LogP contribution >= 0.6 is 11.3 Å². The lowest BCUT2D eigenvalue weighted by Crippen LogP contribution is -2.04. The van der Waals surface area contributed by atoms with Crippen molar-refractivity contribution in [2.75, 3.05) is 0 Å². The number of hydrogen-bond donors (Lipinski definition) is 1. The molecule has 0 fully saturated rings. The number of para-hydroxylation sites is 1. The average molecular weight is 296 g/mol. The zero-order chi connectivity index (χ0) is 14.5. The highest BCUT2D eigenvalue weighted by Crippen LogP contribution is 2.28. The van der Waals surface area contributed by atoms with E-state index in [4.69, 9.17) is 0 Å². The van der Waals surface area contributed by atoms with Crippen molar-refractivity contribution in [2.45, 2.75) is 6.61 Å². The molecule has 0 saturated heterocycles. The highest BCUT2D eigenvalue weighted by atomic mass is 32.1. The summed E-state index contributed by atoms with van der Waals surface area (Å²) in [5, 5.41) is 11.0. The van der Waals surface area contributed by atoms with Crippen molar-refractivity contribution in [1.29, 1.82) is 0 Å². The van der Waals surface area contributed by atoms with Crippen molar-refractivity contribution in [3.05, 3.63) is 52.2 Å². The van der Waals surface area contributed by atoms with Crippen LogP contribution in [0, 0.1) is 0 Å². The minimum atomic E-state index is -2.96. The van der Waals surface area contributed by atoms with E-state index in [1.54, 1.807) is 29.6 Å². The Kier molecular flexibility index (Phi) is 4.47. The molecule has 0 radical (unpaired) electrons. The van der Waals surface area contributed by atoms with Gasteiger partial charge in [0.2, 0.25) is 0 Å². The number of benzene rings is 1.